The first-order valence-corrected chi connectivity index (χ1v) is 10.0. The number of benzene rings is 2. The van der Waals surface area contributed by atoms with Crippen LogP contribution in [0, 0.1) is 0 Å². The number of nitrogens with zero attached hydrogens (tertiary/aromatic N) is 2. The molecular weight excluding hydrogens is 400 g/mol. The van der Waals surface area contributed by atoms with Gasteiger partial charge in [0.05, 0.1) is 0 Å². The number of anilines is 1. The minimum absolute atomic E-state index is 0.0914. The standard InChI is InChI=1S/C23H23ClN4O2/c24-21-8-7-20(27-22(29)17-9-12-26-13-10-17)15-19(21)16-28(14-4-11-25)23(30)18-5-2-1-3-6-18/h1-3,5-10,12-13,15H,4,11,14,16,25H2,(H,27,29). The topological polar surface area (TPSA) is 88.3 Å². The van der Waals surface area contributed by atoms with E-state index in [0.29, 0.717) is 47.9 Å². The highest BCUT2D eigenvalue weighted by Gasteiger charge is 2.17. The van der Waals surface area contributed by atoms with Crippen LogP contribution in [0.1, 0.15) is 32.7 Å². The molecule has 7 heteroatoms. The minimum Gasteiger partial charge on any atom is -0.334 e. The zero-order chi connectivity index (χ0) is 21.3. The molecule has 0 aliphatic rings. The lowest BCUT2D eigenvalue weighted by Crippen LogP contribution is -2.32. The summed E-state index contributed by atoms with van der Waals surface area (Å²) in [5, 5.41) is 3.38. The van der Waals surface area contributed by atoms with E-state index in [-0.39, 0.29) is 11.8 Å². The Kier molecular flexibility index (Phi) is 7.54. The molecular formula is C23H23ClN4O2. The normalized spacial score (nSPS) is 10.5. The molecule has 0 unspecified atom stereocenters. The molecule has 0 fully saturated rings. The van der Waals surface area contributed by atoms with Gasteiger partial charge in [0.25, 0.3) is 11.8 Å². The van der Waals surface area contributed by atoms with Crippen molar-refractivity contribution in [2.24, 2.45) is 5.73 Å². The second-order valence-corrected chi connectivity index (χ2v) is 7.14. The number of rotatable bonds is 8. The maximum Gasteiger partial charge on any atom is 0.255 e. The predicted octanol–water partition coefficient (Wildman–Crippen LogP) is 3.98. The van der Waals surface area contributed by atoms with E-state index in [2.05, 4.69) is 10.3 Å². The van der Waals surface area contributed by atoms with Crippen molar-refractivity contribution in [2.45, 2.75) is 13.0 Å². The van der Waals surface area contributed by atoms with E-state index in [1.54, 1.807) is 59.8 Å². The molecule has 2 amide bonds. The van der Waals surface area contributed by atoms with Gasteiger partial charge in [-0.1, -0.05) is 29.8 Å². The molecule has 0 atom stereocenters. The van der Waals surface area contributed by atoms with E-state index in [9.17, 15) is 9.59 Å². The van der Waals surface area contributed by atoms with E-state index in [0.717, 1.165) is 5.56 Å². The first kappa shape index (κ1) is 21.5. The second kappa shape index (κ2) is 10.5. The molecule has 0 bridgehead atoms. The van der Waals surface area contributed by atoms with Crippen LogP contribution in [0.2, 0.25) is 5.02 Å². The molecule has 0 saturated heterocycles. The van der Waals surface area contributed by atoms with Crippen LogP contribution in [0.4, 0.5) is 5.69 Å². The van der Waals surface area contributed by atoms with Gasteiger partial charge in [0.1, 0.15) is 0 Å². The quantitative estimate of drug-likeness (QED) is 0.574. The molecule has 0 aliphatic heterocycles. The third-order valence-corrected chi connectivity index (χ3v) is 4.92. The number of carbonyl (C=O) groups excluding carboxylic acids is 2. The Morgan fingerprint density at radius 1 is 1.00 bits per heavy atom. The highest BCUT2D eigenvalue weighted by atomic mass is 35.5. The number of hydrogen-bond acceptors (Lipinski definition) is 4. The second-order valence-electron chi connectivity index (χ2n) is 6.73. The summed E-state index contributed by atoms with van der Waals surface area (Å²) in [7, 11) is 0. The number of amides is 2. The monoisotopic (exact) mass is 422 g/mol. The number of aromatic nitrogens is 1. The van der Waals surface area contributed by atoms with E-state index in [1.807, 2.05) is 18.2 Å². The molecule has 0 aliphatic carbocycles. The Morgan fingerprint density at radius 2 is 1.73 bits per heavy atom. The zero-order valence-corrected chi connectivity index (χ0v) is 17.2. The molecule has 1 aromatic heterocycles. The number of nitrogens with one attached hydrogen (secondary N) is 1. The minimum atomic E-state index is -0.244. The van der Waals surface area contributed by atoms with Crippen LogP contribution in [0.15, 0.2) is 73.1 Å². The van der Waals surface area contributed by atoms with Crippen molar-refractivity contribution in [1.29, 1.82) is 0 Å². The summed E-state index contributed by atoms with van der Waals surface area (Å²) in [5.74, 6) is -0.336. The van der Waals surface area contributed by atoms with Crippen LogP contribution in [0.3, 0.4) is 0 Å². The van der Waals surface area contributed by atoms with Crippen molar-refractivity contribution in [3.8, 4) is 0 Å². The summed E-state index contributed by atoms with van der Waals surface area (Å²) < 4.78 is 0. The van der Waals surface area contributed by atoms with E-state index in [1.165, 1.54) is 0 Å². The van der Waals surface area contributed by atoms with Crippen molar-refractivity contribution in [3.05, 3.63) is 94.8 Å². The molecule has 3 aromatic rings. The number of halogens is 1. The Hall–Kier alpha value is -3.22. The fourth-order valence-electron chi connectivity index (χ4n) is 2.98. The smallest absolute Gasteiger partial charge is 0.255 e. The van der Waals surface area contributed by atoms with Gasteiger partial charge in [-0.2, -0.15) is 0 Å². The van der Waals surface area contributed by atoms with E-state index >= 15 is 0 Å². The summed E-state index contributed by atoms with van der Waals surface area (Å²) >= 11 is 6.39. The summed E-state index contributed by atoms with van der Waals surface area (Å²) in [6, 6.07) is 17.6. The lowest BCUT2D eigenvalue weighted by Gasteiger charge is -2.24. The number of nitrogens with two attached hydrogens (primary N) is 1. The van der Waals surface area contributed by atoms with Crippen molar-refractivity contribution >= 4 is 29.1 Å². The summed E-state index contributed by atoms with van der Waals surface area (Å²) in [6.07, 6.45) is 3.80. The average molecular weight is 423 g/mol. The van der Waals surface area contributed by atoms with Crippen molar-refractivity contribution in [1.82, 2.24) is 9.88 Å². The maximum atomic E-state index is 13.0. The molecule has 2 aromatic carbocycles. The maximum absolute atomic E-state index is 13.0. The highest BCUT2D eigenvalue weighted by molar-refractivity contribution is 6.31. The highest BCUT2D eigenvalue weighted by Crippen LogP contribution is 2.23. The number of hydrogen-bond donors (Lipinski definition) is 2. The fourth-order valence-corrected chi connectivity index (χ4v) is 3.16. The largest absolute Gasteiger partial charge is 0.334 e. The van der Waals surface area contributed by atoms with Gasteiger partial charge in [-0.15, -0.1) is 0 Å². The van der Waals surface area contributed by atoms with Crippen LogP contribution in [0.25, 0.3) is 0 Å². The van der Waals surface area contributed by atoms with Crippen LogP contribution >= 0.6 is 11.6 Å². The van der Waals surface area contributed by atoms with Gasteiger partial charge in [0, 0.05) is 47.3 Å². The number of pyridine rings is 1. The molecule has 0 spiro atoms. The van der Waals surface area contributed by atoms with Gasteiger partial charge in [0.15, 0.2) is 0 Å². The Labute approximate surface area is 180 Å². The first-order valence-electron chi connectivity index (χ1n) is 9.62. The summed E-state index contributed by atoms with van der Waals surface area (Å²) in [4.78, 5) is 31.0. The predicted molar refractivity (Wildman–Crippen MR) is 118 cm³/mol. The van der Waals surface area contributed by atoms with Crippen molar-refractivity contribution in [2.75, 3.05) is 18.4 Å². The van der Waals surface area contributed by atoms with Gasteiger partial charge in [-0.05, 0) is 61.0 Å². The molecule has 30 heavy (non-hydrogen) atoms. The molecule has 3 N–H and O–H groups in total. The lowest BCUT2D eigenvalue weighted by atomic mass is 10.1. The van der Waals surface area contributed by atoms with Crippen LogP contribution < -0.4 is 11.1 Å². The van der Waals surface area contributed by atoms with Gasteiger partial charge in [-0.25, -0.2) is 0 Å². The molecule has 6 nitrogen and oxygen atoms in total. The SMILES string of the molecule is NCCCN(Cc1cc(NC(=O)c2ccncc2)ccc1Cl)C(=O)c1ccccc1. The molecule has 3 rings (SSSR count). The number of carbonyl (C=O) groups is 2. The van der Waals surface area contributed by atoms with Gasteiger partial charge < -0.3 is 16.0 Å². The fraction of sp³-hybridized carbons (Fsp3) is 0.174. The van der Waals surface area contributed by atoms with Crippen LogP contribution in [-0.4, -0.2) is 34.8 Å². The molecule has 0 radical (unpaired) electrons. The zero-order valence-electron chi connectivity index (χ0n) is 16.4. The first-order chi connectivity index (χ1) is 14.6. The Balaban J connectivity index is 1.79. The van der Waals surface area contributed by atoms with Crippen LogP contribution in [-0.2, 0) is 6.54 Å². The lowest BCUT2D eigenvalue weighted by molar-refractivity contribution is 0.0742. The third kappa shape index (κ3) is 5.65. The van der Waals surface area contributed by atoms with Crippen molar-refractivity contribution in [3.63, 3.8) is 0 Å². The summed E-state index contributed by atoms with van der Waals surface area (Å²) in [6.45, 7) is 1.30. The van der Waals surface area contributed by atoms with E-state index in [4.69, 9.17) is 17.3 Å². The average Bonchev–Trinajstić information content (AvgIpc) is 2.79. The van der Waals surface area contributed by atoms with Crippen LogP contribution in [0.5, 0.6) is 0 Å². The summed E-state index contributed by atoms with van der Waals surface area (Å²) in [5.41, 5.74) is 8.11. The molecule has 1 heterocycles. The Morgan fingerprint density at radius 3 is 2.43 bits per heavy atom. The van der Waals surface area contributed by atoms with Gasteiger partial charge in [0.2, 0.25) is 0 Å². The van der Waals surface area contributed by atoms with E-state index < -0.39 is 0 Å². The van der Waals surface area contributed by atoms with Gasteiger partial charge >= 0.3 is 0 Å². The van der Waals surface area contributed by atoms with Crippen molar-refractivity contribution < 1.29 is 9.59 Å². The Bertz CT molecular complexity index is 997. The molecule has 0 saturated carbocycles. The molecule has 154 valence electrons. The van der Waals surface area contributed by atoms with Gasteiger partial charge in [-0.3, -0.25) is 14.6 Å². The third-order valence-electron chi connectivity index (χ3n) is 4.55.